The first-order valence-electron chi connectivity index (χ1n) is 8.89. The zero-order valence-electron chi connectivity index (χ0n) is 13.4. The molecule has 1 aromatic rings. The molecule has 23 heavy (non-hydrogen) atoms. The molecule has 2 unspecified atom stereocenters. The minimum atomic E-state index is -0.129. The Balaban J connectivity index is 1.36. The fourth-order valence-electron chi connectivity index (χ4n) is 4.68. The van der Waals surface area contributed by atoms with E-state index in [0.29, 0.717) is 16.8 Å². The van der Waals surface area contributed by atoms with Gasteiger partial charge in [0.25, 0.3) is 0 Å². The number of fused-ring (bicyclic) bond motifs is 2. The molecule has 3 N–H and O–H groups in total. The van der Waals surface area contributed by atoms with Crippen molar-refractivity contribution in [2.75, 3.05) is 5.32 Å². The zero-order valence-corrected chi connectivity index (χ0v) is 14.1. The minimum Gasteiger partial charge on any atom is -0.335 e. The van der Waals surface area contributed by atoms with Crippen LogP contribution in [0.4, 0.5) is 10.5 Å². The average Bonchev–Trinajstić information content (AvgIpc) is 3.33. The van der Waals surface area contributed by atoms with Gasteiger partial charge in [-0.1, -0.05) is 23.7 Å². The molecule has 124 valence electrons. The van der Waals surface area contributed by atoms with Crippen LogP contribution in [-0.4, -0.2) is 30.2 Å². The van der Waals surface area contributed by atoms with Gasteiger partial charge in [-0.05, 0) is 31.4 Å². The summed E-state index contributed by atoms with van der Waals surface area (Å²) in [6.07, 6.45) is 9.08. The molecule has 4 rings (SSSR count). The van der Waals surface area contributed by atoms with Crippen LogP contribution in [0.1, 0.15) is 44.9 Å². The molecule has 0 spiro atoms. The monoisotopic (exact) mass is 334 g/mol. The van der Waals surface area contributed by atoms with Crippen LogP contribution in [-0.2, 0) is 0 Å². The number of piperidine rings is 2. The van der Waals surface area contributed by atoms with Crippen LogP contribution < -0.4 is 15.5 Å². The molecule has 3 aliphatic rings. The third-order valence-electron chi connectivity index (χ3n) is 5.69. The van der Waals surface area contributed by atoms with Crippen LogP contribution in [0.2, 0.25) is 5.02 Å². The molecule has 2 aliphatic heterocycles. The second kappa shape index (κ2) is 6.33. The van der Waals surface area contributed by atoms with E-state index in [1.807, 2.05) is 23.1 Å². The number of nitrogens with one attached hydrogen (secondary N) is 3. The van der Waals surface area contributed by atoms with Crippen molar-refractivity contribution in [1.29, 1.82) is 0 Å². The van der Waals surface area contributed by atoms with E-state index in [2.05, 4.69) is 10.6 Å². The lowest BCUT2D eigenvalue weighted by atomic mass is 9.81. The molecular weight excluding hydrogens is 310 g/mol. The van der Waals surface area contributed by atoms with Gasteiger partial charge in [-0.25, -0.2) is 4.79 Å². The normalized spacial score (nSPS) is 33.1. The molecule has 3 fully saturated rings. The fraction of sp³-hybridized carbons (Fsp3) is 0.611. The largest absolute Gasteiger partial charge is 0.335 e. The summed E-state index contributed by atoms with van der Waals surface area (Å²) < 4.78 is 0. The van der Waals surface area contributed by atoms with Gasteiger partial charge in [0.1, 0.15) is 0 Å². The summed E-state index contributed by atoms with van der Waals surface area (Å²) in [7, 11) is 0. The Morgan fingerprint density at radius 1 is 1.04 bits per heavy atom. The quantitative estimate of drug-likeness (QED) is 0.781. The number of carbonyl (C=O) groups is 1. The number of urea groups is 1. The highest BCUT2D eigenvalue weighted by molar-refractivity contribution is 6.33. The number of para-hydroxylation sites is 1. The first-order chi connectivity index (χ1) is 11.2. The molecule has 1 aliphatic carbocycles. The van der Waals surface area contributed by atoms with Gasteiger partial charge in [0, 0.05) is 31.7 Å². The summed E-state index contributed by atoms with van der Waals surface area (Å²) >= 11 is 6.10. The van der Waals surface area contributed by atoms with E-state index in [0.717, 1.165) is 31.0 Å². The molecule has 5 heteroatoms. The van der Waals surface area contributed by atoms with E-state index in [1.54, 1.807) is 6.07 Å². The van der Waals surface area contributed by atoms with Crippen LogP contribution in [0.15, 0.2) is 24.3 Å². The number of quaternary nitrogens is 1. The van der Waals surface area contributed by atoms with Gasteiger partial charge in [0.05, 0.1) is 28.8 Å². The van der Waals surface area contributed by atoms with E-state index in [1.165, 1.54) is 32.1 Å². The number of anilines is 1. The number of hydrogen-bond acceptors (Lipinski definition) is 1. The van der Waals surface area contributed by atoms with Crippen molar-refractivity contribution in [3.8, 4) is 0 Å². The van der Waals surface area contributed by atoms with Crippen molar-refractivity contribution in [3.63, 3.8) is 0 Å². The Morgan fingerprint density at radius 2 is 1.74 bits per heavy atom. The summed E-state index contributed by atoms with van der Waals surface area (Å²) in [5, 5.41) is 6.64. The lowest BCUT2D eigenvalue weighted by Crippen LogP contribution is -3.22. The first kappa shape index (κ1) is 15.3. The summed E-state index contributed by atoms with van der Waals surface area (Å²) in [6, 6.07) is 9.96. The second-order valence-corrected chi connectivity index (χ2v) is 7.75. The van der Waals surface area contributed by atoms with Gasteiger partial charge in [-0.3, -0.25) is 0 Å². The molecule has 2 bridgehead atoms. The van der Waals surface area contributed by atoms with Crippen molar-refractivity contribution in [3.05, 3.63) is 29.3 Å². The Kier molecular flexibility index (Phi) is 4.20. The van der Waals surface area contributed by atoms with E-state index in [4.69, 9.17) is 11.6 Å². The standard InChI is InChI=1S/C18H24ClN3O/c19-16-6-1-2-7-17(16)21-18(23)20-12-10-14-4-3-5-15(11-12)22(14)13-8-9-13/h1-2,6-7,12-15H,3-5,8-11H2,(H2,20,21,23)/p+1/t12?,14-,15+. The highest BCUT2D eigenvalue weighted by atomic mass is 35.5. The fourth-order valence-corrected chi connectivity index (χ4v) is 4.86. The molecule has 4 atom stereocenters. The molecule has 1 saturated carbocycles. The molecule has 1 aromatic carbocycles. The van der Waals surface area contributed by atoms with Crippen LogP contribution in [0.25, 0.3) is 0 Å². The third kappa shape index (κ3) is 3.33. The van der Waals surface area contributed by atoms with Gasteiger partial charge in [0.15, 0.2) is 0 Å². The van der Waals surface area contributed by atoms with Gasteiger partial charge >= 0.3 is 6.03 Å². The number of halogens is 1. The van der Waals surface area contributed by atoms with Crippen LogP contribution in [0.5, 0.6) is 0 Å². The van der Waals surface area contributed by atoms with Crippen molar-refractivity contribution in [2.45, 2.75) is 69.1 Å². The van der Waals surface area contributed by atoms with Gasteiger partial charge < -0.3 is 15.5 Å². The van der Waals surface area contributed by atoms with Gasteiger partial charge in [-0.2, -0.15) is 0 Å². The Hall–Kier alpha value is -1.26. The Labute approximate surface area is 142 Å². The van der Waals surface area contributed by atoms with Crippen molar-refractivity contribution in [2.24, 2.45) is 0 Å². The van der Waals surface area contributed by atoms with Crippen molar-refractivity contribution in [1.82, 2.24) is 5.32 Å². The summed E-state index contributed by atoms with van der Waals surface area (Å²) in [4.78, 5) is 14.2. The van der Waals surface area contributed by atoms with Crippen molar-refractivity contribution >= 4 is 23.3 Å². The maximum atomic E-state index is 12.3. The number of amides is 2. The number of carbonyl (C=O) groups excluding carboxylic acids is 1. The average molecular weight is 335 g/mol. The van der Waals surface area contributed by atoms with E-state index in [9.17, 15) is 4.79 Å². The summed E-state index contributed by atoms with van der Waals surface area (Å²) in [6.45, 7) is 0. The Morgan fingerprint density at radius 3 is 2.39 bits per heavy atom. The highest BCUT2D eigenvalue weighted by Gasteiger charge is 2.48. The highest BCUT2D eigenvalue weighted by Crippen LogP contribution is 2.27. The second-order valence-electron chi connectivity index (χ2n) is 7.35. The lowest BCUT2D eigenvalue weighted by molar-refractivity contribution is -0.971. The third-order valence-corrected chi connectivity index (χ3v) is 6.02. The van der Waals surface area contributed by atoms with E-state index >= 15 is 0 Å². The molecule has 2 amide bonds. The zero-order chi connectivity index (χ0) is 15.8. The van der Waals surface area contributed by atoms with E-state index < -0.39 is 0 Å². The molecule has 4 nitrogen and oxygen atoms in total. The maximum absolute atomic E-state index is 12.3. The number of rotatable bonds is 3. The smallest absolute Gasteiger partial charge is 0.319 e. The predicted molar refractivity (Wildman–Crippen MR) is 92.0 cm³/mol. The maximum Gasteiger partial charge on any atom is 0.319 e. The molecule has 2 saturated heterocycles. The number of benzene rings is 1. The van der Waals surface area contributed by atoms with E-state index in [-0.39, 0.29) is 6.03 Å². The molecule has 0 aromatic heterocycles. The van der Waals surface area contributed by atoms with Crippen LogP contribution in [0, 0.1) is 0 Å². The van der Waals surface area contributed by atoms with Crippen LogP contribution >= 0.6 is 11.6 Å². The van der Waals surface area contributed by atoms with Crippen molar-refractivity contribution < 1.29 is 9.69 Å². The molecule has 2 heterocycles. The molecular formula is C18H25ClN3O+. The van der Waals surface area contributed by atoms with Crippen LogP contribution in [0.3, 0.4) is 0 Å². The van der Waals surface area contributed by atoms with Gasteiger partial charge in [-0.15, -0.1) is 0 Å². The summed E-state index contributed by atoms with van der Waals surface area (Å²) in [5.74, 6) is 0. The molecule has 0 radical (unpaired) electrons. The Bertz CT molecular complexity index is 575. The topological polar surface area (TPSA) is 45.6 Å². The lowest BCUT2D eigenvalue weighted by Gasteiger charge is -2.46. The SMILES string of the molecule is O=C(Nc1ccccc1Cl)NC1C[C@H]2CCC[C@@H](C1)[NH+]2C1CC1. The number of hydrogen-bond donors (Lipinski definition) is 3. The minimum absolute atomic E-state index is 0.129. The predicted octanol–water partition coefficient (Wildman–Crippen LogP) is 2.59. The first-order valence-corrected chi connectivity index (χ1v) is 9.27. The van der Waals surface area contributed by atoms with Gasteiger partial charge in [0.2, 0.25) is 0 Å². The summed E-state index contributed by atoms with van der Waals surface area (Å²) in [5.41, 5.74) is 0.674.